The average molecular weight is 870 g/mol. The summed E-state index contributed by atoms with van der Waals surface area (Å²) in [5.74, 6) is 0.363. The first-order valence-corrected chi connectivity index (χ1v) is 20.1. The number of ether oxygens (including phenoxy) is 5. The molecule has 0 spiro atoms. The van der Waals surface area contributed by atoms with E-state index in [0.717, 1.165) is 16.7 Å². The number of aromatic nitrogens is 2. The van der Waals surface area contributed by atoms with Crippen LogP contribution in [-0.2, 0) is 15.1 Å². The maximum atomic E-state index is 15.8. The van der Waals surface area contributed by atoms with Gasteiger partial charge in [0.2, 0.25) is 5.95 Å². The lowest BCUT2D eigenvalue weighted by molar-refractivity contribution is -0.0523. The van der Waals surface area contributed by atoms with Crippen LogP contribution in [0, 0.1) is 25.6 Å². The van der Waals surface area contributed by atoms with Gasteiger partial charge in [0.1, 0.15) is 39.7 Å². The van der Waals surface area contributed by atoms with Gasteiger partial charge in [-0.05, 0) is 89.2 Å². The zero-order chi connectivity index (χ0) is 42.6. The summed E-state index contributed by atoms with van der Waals surface area (Å²) >= 11 is 21.5. The molecule has 12 heteroatoms. The van der Waals surface area contributed by atoms with Crippen LogP contribution in [0.25, 0.3) is 27.8 Å². The Morgan fingerprint density at radius 2 is 1.30 bits per heavy atom. The molecule has 308 valence electrons. The number of fused-ring (bicyclic) bond motifs is 1. The topological polar surface area (TPSA) is 63.5 Å². The quantitative estimate of drug-likeness (QED) is 0.0548. The van der Waals surface area contributed by atoms with E-state index in [2.05, 4.69) is 11.6 Å². The number of nitrogens with zero attached hydrogens (tertiary/aromatic N) is 2. The lowest BCUT2D eigenvalue weighted by Gasteiger charge is -2.37. The zero-order valence-electron chi connectivity index (χ0n) is 33.3. The Hall–Kier alpha value is -5.42. The van der Waals surface area contributed by atoms with Crippen LogP contribution in [0.5, 0.6) is 17.2 Å². The fourth-order valence-corrected chi connectivity index (χ4v) is 8.39. The number of halogens is 5. The van der Waals surface area contributed by atoms with Crippen molar-refractivity contribution in [2.75, 3.05) is 34.0 Å². The first kappa shape index (κ1) is 42.7. The van der Waals surface area contributed by atoms with E-state index >= 15 is 4.39 Å². The van der Waals surface area contributed by atoms with E-state index in [1.165, 1.54) is 22.7 Å². The van der Waals surface area contributed by atoms with Gasteiger partial charge in [0.05, 0.1) is 44.1 Å². The molecule has 0 saturated heterocycles. The number of hydrogen-bond donors (Lipinski definition) is 0. The van der Waals surface area contributed by atoms with E-state index < -0.39 is 23.5 Å². The molecule has 0 bridgehead atoms. The number of hydrogen-bond acceptors (Lipinski definition) is 6. The van der Waals surface area contributed by atoms with E-state index in [1.807, 2.05) is 78.9 Å². The minimum Gasteiger partial charge on any atom is -0.497 e. The van der Waals surface area contributed by atoms with Crippen LogP contribution in [-0.4, -0.2) is 49.5 Å². The highest BCUT2D eigenvalue weighted by molar-refractivity contribution is 6.39. The summed E-state index contributed by atoms with van der Waals surface area (Å²) in [7, 11) is 3.24. The van der Waals surface area contributed by atoms with E-state index in [1.54, 1.807) is 52.5 Å². The second-order valence-electron chi connectivity index (χ2n) is 13.9. The third-order valence-electron chi connectivity index (χ3n) is 10.4. The molecule has 7 aromatic rings. The molecule has 2 aromatic heterocycles. The van der Waals surface area contributed by atoms with Gasteiger partial charge in [0.15, 0.2) is 5.75 Å². The van der Waals surface area contributed by atoms with Crippen molar-refractivity contribution in [2.45, 2.75) is 25.6 Å². The maximum Gasteiger partial charge on any atom is 0.237 e. The number of rotatable bonds is 16. The Morgan fingerprint density at radius 1 is 0.733 bits per heavy atom. The lowest BCUT2D eigenvalue weighted by Crippen LogP contribution is -2.38. The Bertz CT molecular complexity index is 2540. The fraction of sp³-hybridized carbons (Fsp3) is 0.188. The smallest absolute Gasteiger partial charge is 0.237 e. The number of benzene rings is 5. The molecule has 7 rings (SSSR count). The summed E-state index contributed by atoms with van der Waals surface area (Å²) < 4.78 is 62.4. The van der Waals surface area contributed by atoms with Gasteiger partial charge >= 0.3 is 0 Å². The highest BCUT2D eigenvalue weighted by Crippen LogP contribution is 2.51. The van der Waals surface area contributed by atoms with Crippen molar-refractivity contribution < 1.29 is 32.5 Å². The van der Waals surface area contributed by atoms with Crippen molar-refractivity contribution in [1.82, 2.24) is 9.38 Å². The van der Waals surface area contributed by atoms with Crippen LogP contribution in [0.15, 0.2) is 128 Å². The summed E-state index contributed by atoms with van der Waals surface area (Å²) in [5, 5.41) is 0.559. The Balaban J connectivity index is 1.35. The molecule has 0 aliphatic heterocycles. The highest BCUT2D eigenvalue weighted by Gasteiger charge is 2.39. The Kier molecular flexibility index (Phi) is 13.1. The van der Waals surface area contributed by atoms with Crippen LogP contribution in [0.3, 0.4) is 0 Å². The molecule has 2 heterocycles. The molecule has 0 N–H and O–H groups in total. The van der Waals surface area contributed by atoms with Gasteiger partial charge in [-0.15, -0.1) is 6.58 Å². The second kappa shape index (κ2) is 18.5. The summed E-state index contributed by atoms with van der Waals surface area (Å²) in [5.41, 5.74) is 4.44. The van der Waals surface area contributed by atoms with Gasteiger partial charge in [-0.2, -0.15) is 4.39 Å². The predicted molar refractivity (Wildman–Crippen MR) is 234 cm³/mol. The van der Waals surface area contributed by atoms with Crippen molar-refractivity contribution in [3.8, 4) is 39.5 Å². The summed E-state index contributed by atoms with van der Waals surface area (Å²) in [6.07, 6.45) is 3.74. The molecular formula is C48H41Cl3F2N2O5. The fourth-order valence-electron chi connectivity index (χ4n) is 7.53. The third kappa shape index (κ3) is 8.08. The largest absolute Gasteiger partial charge is 0.497 e. The Labute approximate surface area is 362 Å². The molecule has 0 aliphatic carbocycles. The molecule has 5 aromatic carbocycles. The normalized spacial score (nSPS) is 12.1. The SMILES string of the molecule is C=CCOCC(COC(c1ccccc1)(c1ccc(OC)cc1)c1ccc(OC)cc1)Oc1c(Cl)c(C)c(-c2c(-c3ccc(F)cc3)c(Cl)n3ccnc(F)c23)c(C)c1Cl. The van der Waals surface area contributed by atoms with Crippen LogP contribution < -0.4 is 14.2 Å². The molecule has 0 saturated carbocycles. The van der Waals surface area contributed by atoms with Gasteiger partial charge < -0.3 is 28.1 Å². The second-order valence-corrected chi connectivity index (χ2v) is 15.1. The van der Waals surface area contributed by atoms with Gasteiger partial charge in [0.25, 0.3) is 0 Å². The van der Waals surface area contributed by atoms with E-state index in [9.17, 15) is 4.39 Å². The van der Waals surface area contributed by atoms with Gasteiger partial charge in [0, 0.05) is 23.5 Å². The summed E-state index contributed by atoms with van der Waals surface area (Å²) in [6, 6.07) is 31.1. The van der Waals surface area contributed by atoms with Crippen molar-refractivity contribution in [1.29, 1.82) is 0 Å². The van der Waals surface area contributed by atoms with E-state index in [4.69, 9.17) is 58.5 Å². The molecule has 7 nitrogen and oxygen atoms in total. The van der Waals surface area contributed by atoms with Gasteiger partial charge in [-0.25, -0.2) is 9.37 Å². The molecule has 0 amide bonds. The molecule has 0 radical (unpaired) electrons. The van der Waals surface area contributed by atoms with Crippen molar-refractivity contribution in [3.05, 3.63) is 183 Å². The maximum absolute atomic E-state index is 15.8. The molecule has 0 fully saturated rings. The van der Waals surface area contributed by atoms with Crippen molar-refractivity contribution in [2.24, 2.45) is 0 Å². The molecule has 0 aliphatic rings. The first-order valence-electron chi connectivity index (χ1n) is 19.0. The molecule has 60 heavy (non-hydrogen) atoms. The standard InChI is InChI=1S/C48H41Cl3F2N2O5/c1-6-26-58-27-38(28-59-48(32-10-8-7-9-11-32,33-14-20-36(56-4)21-15-33)34-16-22-37(57-5)23-17-34)60-45-42(49)29(2)39(30(3)43(45)50)41-40(31-12-18-35(52)19-13-31)46(51)55-25-24-54-47(53)44(41)55/h6-25,38H,1,26-28H2,2-5H3. The molecular weight excluding hydrogens is 829 g/mol. The van der Waals surface area contributed by atoms with E-state index in [0.29, 0.717) is 44.9 Å². The monoisotopic (exact) mass is 868 g/mol. The van der Waals surface area contributed by atoms with Crippen LogP contribution in [0.4, 0.5) is 8.78 Å². The van der Waals surface area contributed by atoms with Crippen molar-refractivity contribution in [3.63, 3.8) is 0 Å². The van der Waals surface area contributed by atoms with E-state index in [-0.39, 0.29) is 46.3 Å². The van der Waals surface area contributed by atoms with Crippen molar-refractivity contribution >= 4 is 40.3 Å². The zero-order valence-corrected chi connectivity index (χ0v) is 35.5. The number of methoxy groups -OCH3 is 2. The van der Waals surface area contributed by atoms with Gasteiger partial charge in [-0.1, -0.05) is 108 Å². The minimum absolute atomic E-state index is 0.0120. The van der Waals surface area contributed by atoms with Crippen LogP contribution in [0.2, 0.25) is 15.2 Å². The summed E-state index contributed by atoms with van der Waals surface area (Å²) in [6.45, 7) is 7.69. The Morgan fingerprint density at radius 3 is 1.85 bits per heavy atom. The van der Waals surface area contributed by atoms with Crippen LogP contribution in [0.1, 0.15) is 27.8 Å². The highest BCUT2D eigenvalue weighted by atomic mass is 35.5. The van der Waals surface area contributed by atoms with Crippen LogP contribution >= 0.6 is 34.8 Å². The minimum atomic E-state index is -1.16. The average Bonchev–Trinajstić information content (AvgIpc) is 3.57. The molecule has 1 unspecified atom stereocenters. The first-order chi connectivity index (χ1) is 29.0. The predicted octanol–water partition coefficient (Wildman–Crippen LogP) is 12.5. The third-order valence-corrected chi connectivity index (χ3v) is 11.7. The lowest BCUT2D eigenvalue weighted by atomic mass is 9.80. The summed E-state index contributed by atoms with van der Waals surface area (Å²) in [4.78, 5) is 3.93. The van der Waals surface area contributed by atoms with Gasteiger partial charge in [-0.3, -0.25) is 0 Å². The molecule has 1 atom stereocenters.